The fraction of sp³-hybridized carbons (Fsp3) is 0.600. The zero-order valence-corrected chi connectivity index (χ0v) is 34.3. The molecule has 2 rings (SSSR count). The number of aliphatic carboxylic acids is 1. The zero-order valence-electron chi connectivity index (χ0n) is 34.3. The van der Waals surface area contributed by atoms with E-state index in [1.807, 2.05) is 26.0 Å². The number of aryl methyl sites for hydroxylation is 1. The first kappa shape index (κ1) is 46.8. The van der Waals surface area contributed by atoms with Crippen molar-refractivity contribution in [1.29, 1.82) is 0 Å². The van der Waals surface area contributed by atoms with E-state index in [1.165, 1.54) is 12.5 Å². The van der Waals surface area contributed by atoms with Gasteiger partial charge in [-0.2, -0.15) is 0 Å². The number of carbonyl (C=O) groups excluding carboxylic acids is 5. The van der Waals surface area contributed by atoms with Crippen molar-refractivity contribution in [2.24, 2.45) is 11.8 Å². The first-order chi connectivity index (χ1) is 26.1. The van der Waals surface area contributed by atoms with Crippen molar-refractivity contribution in [3.05, 3.63) is 59.7 Å². The lowest BCUT2D eigenvalue weighted by atomic mass is 9.90. The number of Topliss-reactive ketones (excluding diaryl/α,β-unsaturated/α-hetero) is 2. The van der Waals surface area contributed by atoms with Crippen LogP contribution in [-0.2, 0) is 35.1 Å². The number of benzene rings is 2. The first-order valence-electron chi connectivity index (χ1n) is 20.4. The van der Waals surface area contributed by atoms with E-state index >= 15 is 0 Å². The Morgan fingerprint density at radius 1 is 0.673 bits per heavy atom. The molecular formula is C45H66N2O8. The molecule has 0 unspecified atom stereocenters. The summed E-state index contributed by atoms with van der Waals surface area (Å²) in [5.41, 5.74) is 3.08. The minimum Gasteiger partial charge on any atom is -0.480 e. The molecule has 0 saturated heterocycles. The predicted octanol–water partition coefficient (Wildman–Crippen LogP) is 8.82. The molecule has 0 aromatic heterocycles. The Morgan fingerprint density at radius 2 is 1.22 bits per heavy atom. The molecule has 0 bridgehead atoms. The number of carboxylic acid groups (broad SMARTS) is 1. The number of nitrogens with one attached hydrogen (secondary N) is 2. The second-order valence-electron chi connectivity index (χ2n) is 15.9. The molecule has 3 N–H and O–H groups in total. The molecule has 0 fully saturated rings. The number of carbonyl (C=O) groups is 6. The number of unbranched alkanes of at least 4 members (excludes halogenated alkanes) is 5. The van der Waals surface area contributed by atoms with E-state index in [1.54, 1.807) is 32.9 Å². The van der Waals surface area contributed by atoms with E-state index in [0.717, 1.165) is 56.1 Å². The quantitative estimate of drug-likeness (QED) is 0.0488. The highest BCUT2D eigenvalue weighted by Crippen LogP contribution is 2.24. The summed E-state index contributed by atoms with van der Waals surface area (Å²) in [6.07, 6.45) is 8.37. The van der Waals surface area contributed by atoms with Gasteiger partial charge in [0, 0.05) is 36.7 Å². The van der Waals surface area contributed by atoms with Gasteiger partial charge in [-0.15, -0.1) is 0 Å². The maximum atomic E-state index is 13.9. The number of rotatable bonds is 26. The Hall–Kier alpha value is -4.34. The molecule has 4 atom stereocenters. The van der Waals surface area contributed by atoms with Crippen LogP contribution in [0.15, 0.2) is 48.5 Å². The third-order valence-corrected chi connectivity index (χ3v) is 9.70. The lowest BCUT2D eigenvalue weighted by Gasteiger charge is -2.24. The van der Waals surface area contributed by atoms with Crippen molar-refractivity contribution < 1.29 is 38.6 Å². The largest absolute Gasteiger partial charge is 0.480 e. The monoisotopic (exact) mass is 762 g/mol. The Morgan fingerprint density at radius 3 is 1.76 bits per heavy atom. The minimum atomic E-state index is -1.14. The van der Waals surface area contributed by atoms with Gasteiger partial charge >= 0.3 is 11.9 Å². The van der Waals surface area contributed by atoms with Crippen LogP contribution in [0.1, 0.15) is 154 Å². The van der Waals surface area contributed by atoms with Gasteiger partial charge in [0.2, 0.25) is 11.8 Å². The van der Waals surface area contributed by atoms with Crippen molar-refractivity contribution in [1.82, 2.24) is 10.6 Å². The molecule has 0 aliphatic carbocycles. The van der Waals surface area contributed by atoms with E-state index in [9.17, 15) is 33.9 Å². The van der Waals surface area contributed by atoms with Gasteiger partial charge in [0.15, 0.2) is 11.6 Å². The van der Waals surface area contributed by atoms with Crippen LogP contribution in [0.4, 0.5) is 0 Å². The normalized spacial score (nSPS) is 13.6. The SMILES string of the molecule is CCCCC[C@H](CC(=O)c1ccc(-c2ccc(CCCC)cc2)cc1)C(=O)N[C@@H](CCC(=O)OC(C)(C)C)C(=O)C[C@@H](C)C(=O)N[C@@H](CCCCC)C(=O)O. The van der Waals surface area contributed by atoms with Gasteiger partial charge in [0.05, 0.1) is 6.04 Å². The van der Waals surface area contributed by atoms with E-state index in [2.05, 4.69) is 41.8 Å². The molecule has 0 aliphatic heterocycles. The summed E-state index contributed by atoms with van der Waals surface area (Å²) in [6, 6.07) is 13.6. The van der Waals surface area contributed by atoms with Gasteiger partial charge < -0.3 is 20.5 Å². The number of ether oxygens (including phenoxy) is 1. The second-order valence-corrected chi connectivity index (χ2v) is 15.9. The molecule has 0 radical (unpaired) electrons. The summed E-state index contributed by atoms with van der Waals surface area (Å²) in [6.45, 7) is 13.0. The summed E-state index contributed by atoms with van der Waals surface area (Å²) >= 11 is 0. The number of hydrogen-bond donors (Lipinski definition) is 3. The highest BCUT2D eigenvalue weighted by atomic mass is 16.6. The summed E-state index contributed by atoms with van der Waals surface area (Å²) in [5, 5.41) is 15.0. The van der Waals surface area contributed by atoms with Gasteiger partial charge in [-0.25, -0.2) is 4.79 Å². The van der Waals surface area contributed by atoms with E-state index in [0.29, 0.717) is 24.8 Å². The van der Waals surface area contributed by atoms with Crippen molar-refractivity contribution in [2.75, 3.05) is 0 Å². The van der Waals surface area contributed by atoms with Gasteiger partial charge in [-0.1, -0.05) is 121 Å². The van der Waals surface area contributed by atoms with Gasteiger partial charge in [0.1, 0.15) is 11.6 Å². The summed E-state index contributed by atoms with van der Waals surface area (Å²) in [7, 11) is 0. The Balaban J connectivity index is 2.23. The fourth-order valence-electron chi connectivity index (χ4n) is 6.37. The minimum absolute atomic E-state index is 0.0542. The molecule has 0 aliphatic rings. The van der Waals surface area contributed by atoms with Crippen LogP contribution in [0.25, 0.3) is 11.1 Å². The molecule has 55 heavy (non-hydrogen) atoms. The Bertz CT molecular complexity index is 1530. The smallest absolute Gasteiger partial charge is 0.326 e. The summed E-state index contributed by atoms with van der Waals surface area (Å²) < 4.78 is 5.44. The van der Waals surface area contributed by atoms with Crippen molar-refractivity contribution >= 4 is 35.3 Å². The first-order valence-corrected chi connectivity index (χ1v) is 20.4. The number of amides is 2. The maximum absolute atomic E-state index is 13.9. The number of esters is 1. The average Bonchev–Trinajstić information content (AvgIpc) is 3.14. The Labute approximate surface area is 329 Å². The van der Waals surface area contributed by atoms with Crippen LogP contribution in [0.2, 0.25) is 0 Å². The van der Waals surface area contributed by atoms with Crippen LogP contribution in [-0.4, -0.2) is 58.1 Å². The summed E-state index contributed by atoms with van der Waals surface area (Å²) in [4.78, 5) is 78.7. The maximum Gasteiger partial charge on any atom is 0.326 e. The van der Waals surface area contributed by atoms with E-state index in [4.69, 9.17) is 4.74 Å². The highest BCUT2D eigenvalue weighted by Gasteiger charge is 2.31. The second kappa shape index (κ2) is 24.2. The average molecular weight is 763 g/mol. The lowest BCUT2D eigenvalue weighted by molar-refractivity contribution is -0.155. The van der Waals surface area contributed by atoms with E-state index < -0.39 is 59.1 Å². The topological polar surface area (TPSA) is 156 Å². The molecule has 0 spiro atoms. The molecule has 10 heteroatoms. The molecule has 0 heterocycles. The van der Waals surface area contributed by atoms with Gasteiger partial charge in [-0.3, -0.25) is 24.0 Å². The van der Waals surface area contributed by atoms with Crippen molar-refractivity contribution in [2.45, 2.75) is 162 Å². The molecule has 2 aromatic rings. The van der Waals surface area contributed by atoms with Crippen LogP contribution in [0, 0.1) is 11.8 Å². The zero-order chi connectivity index (χ0) is 41.0. The predicted molar refractivity (Wildman–Crippen MR) is 217 cm³/mol. The molecule has 10 nitrogen and oxygen atoms in total. The Kier molecular flexibility index (Phi) is 20.6. The van der Waals surface area contributed by atoms with E-state index in [-0.39, 0.29) is 37.9 Å². The van der Waals surface area contributed by atoms with Crippen LogP contribution in [0.5, 0.6) is 0 Å². The molecular weight excluding hydrogens is 697 g/mol. The third-order valence-electron chi connectivity index (χ3n) is 9.70. The van der Waals surface area contributed by atoms with Crippen molar-refractivity contribution in [3.8, 4) is 11.1 Å². The molecule has 0 saturated carbocycles. The van der Waals surface area contributed by atoms with Gasteiger partial charge in [0.25, 0.3) is 0 Å². The van der Waals surface area contributed by atoms with Crippen LogP contribution >= 0.6 is 0 Å². The molecule has 304 valence electrons. The number of hydrogen-bond acceptors (Lipinski definition) is 7. The highest BCUT2D eigenvalue weighted by molar-refractivity contribution is 6.00. The lowest BCUT2D eigenvalue weighted by Crippen LogP contribution is -2.47. The standard InChI is InChI=1S/C45H66N2O8/c1-8-11-14-17-36(30-39(48)35-25-23-34(24-26-35)33-21-19-32(20-22-33)16-13-10-3)43(52)46-37(27-28-41(50)55-45(5,6)7)40(49)29-31(4)42(51)47-38(44(53)54)18-15-12-9-2/h19-26,31,36-38H,8-18,27-30H2,1-7H3,(H,46,52)(H,47,51)(H,53,54)/t31-,36-,37+,38+/m1/s1. The third kappa shape index (κ3) is 17.8. The number of carboxylic acids is 1. The fourth-order valence-corrected chi connectivity index (χ4v) is 6.37. The van der Waals surface area contributed by atoms with Crippen LogP contribution < -0.4 is 10.6 Å². The van der Waals surface area contributed by atoms with Crippen molar-refractivity contribution in [3.63, 3.8) is 0 Å². The molecule has 2 amide bonds. The van der Waals surface area contributed by atoms with Crippen LogP contribution in [0.3, 0.4) is 0 Å². The summed E-state index contributed by atoms with van der Waals surface area (Å²) in [5.74, 6) is -4.98. The van der Waals surface area contributed by atoms with Gasteiger partial charge in [-0.05, 0) is 69.6 Å². The molecule has 2 aromatic carbocycles. The number of ketones is 2.